The summed E-state index contributed by atoms with van der Waals surface area (Å²) in [6.45, 7) is 1.77. The largest absolute Gasteiger partial charge is 0.343 e. The number of nitrogens with zero attached hydrogens (tertiary/aromatic N) is 2. The van der Waals surface area contributed by atoms with E-state index in [9.17, 15) is 9.18 Å². The number of halogens is 1. The number of hydrogen-bond donors (Lipinski definition) is 0. The maximum Gasteiger partial charge on any atom is 0.222 e. The molecule has 0 spiro atoms. The first-order valence-electron chi connectivity index (χ1n) is 7.21. The monoisotopic (exact) mass is 304 g/mol. The minimum absolute atomic E-state index is 0.202. The molecule has 1 saturated heterocycles. The van der Waals surface area contributed by atoms with Gasteiger partial charge in [-0.15, -0.1) is 11.3 Å². The molecule has 5 heteroatoms. The summed E-state index contributed by atoms with van der Waals surface area (Å²) in [6, 6.07) is 6.64. The number of benzene rings is 1. The predicted molar refractivity (Wildman–Crippen MR) is 81.6 cm³/mol. The Morgan fingerprint density at radius 3 is 2.81 bits per heavy atom. The van der Waals surface area contributed by atoms with Crippen molar-refractivity contribution in [2.45, 2.75) is 25.7 Å². The van der Waals surface area contributed by atoms with Crippen molar-refractivity contribution in [3.8, 4) is 10.6 Å². The summed E-state index contributed by atoms with van der Waals surface area (Å²) in [5, 5.41) is 2.59. The van der Waals surface area contributed by atoms with Crippen LogP contribution in [0.15, 0.2) is 29.6 Å². The number of carbonyl (C=O) groups excluding carboxylic acids is 1. The van der Waals surface area contributed by atoms with Crippen LogP contribution >= 0.6 is 11.3 Å². The standard InChI is InChI=1S/C16H17FN2OS/c17-14-6-2-1-5-13(14)16-18-12(11-21-16)7-8-15(20)19-9-3-4-10-19/h1-2,5-6,11H,3-4,7-10H2. The molecule has 1 aromatic carbocycles. The lowest BCUT2D eigenvalue weighted by molar-refractivity contribution is -0.130. The van der Waals surface area contributed by atoms with E-state index in [2.05, 4.69) is 4.98 Å². The van der Waals surface area contributed by atoms with Gasteiger partial charge in [-0.2, -0.15) is 0 Å². The Kier molecular flexibility index (Phi) is 4.29. The Hall–Kier alpha value is -1.75. The van der Waals surface area contributed by atoms with Crippen molar-refractivity contribution < 1.29 is 9.18 Å². The number of thiazole rings is 1. The van der Waals surface area contributed by atoms with Gasteiger partial charge in [-0.25, -0.2) is 9.37 Å². The summed E-state index contributed by atoms with van der Waals surface area (Å²) in [5.41, 5.74) is 1.39. The van der Waals surface area contributed by atoms with Gasteiger partial charge in [-0.05, 0) is 31.4 Å². The smallest absolute Gasteiger partial charge is 0.222 e. The molecule has 2 aromatic rings. The quantitative estimate of drug-likeness (QED) is 0.866. The topological polar surface area (TPSA) is 33.2 Å². The molecule has 0 N–H and O–H groups in total. The second-order valence-corrected chi connectivity index (χ2v) is 6.07. The molecule has 0 saturated carbocycles. The number of aryl methyl sites for hydroxylation is 1. The molecular formula is C16H17FN2OS. The van der Waals surface area contributed by atoms with Crippen LogP contribution in [0.25, 0.3) is 10.6 Å². The van der Waals surface area contributed by atoms with Gasteiger partial charge in [0.15, 0.2) is 0 Å². The Morgan fingerprint density at radius 2 is 2.05 bits per heavy atom. The van der Waals surface area contributed by atoms with E-state index in [1.807, 2.05) is 10.3 Å². The van der Waals surface area contributed by atoms with E-state index in [0.717, 1.165) is 31.6 Å². The Labute approximate surface area is 127 Å². The number of carbonyl (C=O) groups is 1. The average Bonchev–Trinajstić information content (AvgIpc) is 3.17. The van der Waals surface area contributed by atoms with Crippen LogP contribution in [0.2, 0.25) is 0 Å². The third-order valence-corrected chi connectivity index (χ3v) is 4.63. The molecule has 3 rings (SSSR count). The summed E-state index contributed by atoms with van der Waals surface area (Å²) in [7, 11) is 0. The van der Waals surface area contributed by atoms with E-state index in [-0.39, 0.29) is 11.7 Å². The van der Waals surface area contributed by atoms with Crippen LogP contribution in [0.5, 0.6) is 0 Å². The number of hydrogen-bond acceptors (Lipinski definition) is 3. The fourth-order valence-electron chi connectivity index (χ4n) is 2.54. The summed E-state index contributed by atoms with van der Waals surface area (Å²) in [6.07, 6.45) is 3.33. The van der Waals surface area contributed by atoms with Crippen molar-refractivity contribution in [3.63, 3.8) is 0 Å². The van der Waals surface area contributed by atoms with Gasteiger partial charge in [0, 0.05) is 30.5 Å². The van der Waals surface area contributed by atoms with Crippen LogP contribution in [0.4, 0.5) is 4.39 Å². The van der Waals surface area contributed by atoms with Gasteiger partial charge >= 0.3 is 0 Å². The first-order chi connectivity index (χ1) is 10.2. The molecule has 110 valence electrons. The molecule has 21 heavy (non-hydrogen) atoms. The van der Waals surface area contributed by atoms with Crippen molar-refractivity contribution in [2.75, 3.05) is 13.1 Å². The van der Waals surface area contributed by atoms with E-state index in [1.165, 1.54) is 17.4 Å². The first-order valence-corrected chi connectivity index (χ1v) is 8.09. The van der Waals surface area contributed by atoms with Gasteiger partial charge in [-0.1, -0.05) is 12.1 Å². The van der Waals surface area contributed by atoms with Gasteiger partial charge in [0.2, 0.25) is 5.91 Å². The van der Waals surface area contributed by atoms with Gasteiger partial charge in [0.25, 0.3) is 0 Å². The zero-order valence-electron chi connectivity index (χ0n) is 11.7. The average molecular weight is 304 g/mol. The first kappa shape index (κ1) is 14.2. The number of likely N-dealkylation sites (tertiary alicyclic amines) is 1. The molecule has 0 radical (unpaired) electrons. The minimum atomic E-state index is -0.258. The second kappa shape index (κ2) is 6.35. The maximum absolute atomic E-state index is 13.7. The lowest BCUT2D eigenvalue weighted by atomic mass is 10.2. The van der Waals surface area contributed by atoms with Crippen LogP contribution in [-0.4, -0.2) is 28.9 Å². The molecule has 2 heterocycles. The van der Waals surface area contributed by atoms with E-state index >= 15 is 0 Å². The van der Waals surface area contributed by atoms with Crippen LogP contribution in [0.1, 0.15) is 25.0 Å². The highest BCUT2D eigenvalue weighted by atomic mass is 32.1. The Balaban J connectivity index is 1.63. The fraction of sp³-hybridized carbons (Fsp3) is 0.375. The van der Waals surface area contributed by atoms with Gasteiger partial charge in [0.1, 0.15) is 10.8 Å². The van der Waals surface area contributed by atoms with E-state index in [4.69, 9.17) is 0 Å². The number of rotatable bonds is 4. The second-order valence-electron chi connectivity index (χ2n) is 5.21. The van der Waals surface area contributed by atoms with E-state index in [1.54, 1.807) is 18.2 Å². The third-order valence-electron chi connectivity index (χ3n) is 3.71. The number of aromatic nitrogens is 1. The van der Waals surface area contributed by atoms with Crippen LogP contribution in [0.3, 0.4) is 0 Å². The van der Waals surface area contributed by atoms with Crippen LogP contribution < -0.4 is 0 Å². The third kappa shape index (κ3) is 3.29. The van der Waals surface area contributed by atoms with E-state index in [0.29, 0.717) is 23.4 Å². The zero-order valence-corrected chi connectivity index (χ0v) is 12.5. The highest BCUT2D eigenvalue weighted by Crippen LogP contribution is 2.26. The maximum atomic E-state index is 13.7. The molecular weight excluding hydrogens is 287 g/mol. The van der Waals surface area contributed by atoms with Crippen molar-refractivity contribution >= 4 is 17.2 Å². The zero-order chi connectivity index (χ0) is 14.7. The van der Waals surface area contributed by atoms with Gasteiger partial charge in [0.05, 0.1) is 5.69 Å². The SMILES string of the molecule is O=C(CCc1csc(-c2ccccc2F)n1)N1CCCC1. The molecule has 3 nitrogen and oxygen atoms in total. The predicted octanol–water partition coefficient (Wildman–Crippen LogP) is 3.50. The molecule has 0 bridgehead atoms. The summed E-state index contributed by atoms with van der Waals surface area (Å²) < 4.78 is 13.7. The summed E-state index contributed by atoms with van der Waals surface area (Å²) in [4.78, 5) is 18.4. The minimum Gasteiger partial charge on any atom is -0.343 e. The van der Waals surface area contributed by atoms with Gasteiger partial charge < -0.3 is 4.90 Å². The molecule has 1 amide bonds. The Morgan fingerprint density at radius 1 is 1.29 bits per heavy atom. The molecule has 1 aliphatic rings. The summed E-state index contributed by atoms with van der Waals surface area (Å²) >= 11 is 1.42. The van der Waals surface area contributed by atoms with Crippen molar-refractivity contribution in [1.29, 1.82) is 0 Å². The summed E-state index contributed by atoms with van der Waals surface area (Å²) in [5.74, 6) is -0.0560. The normalized spacial score (nSPS) is 14.6. The molecule has 0 aliphatic carbocycles. The van der Waals surface area contributed by atoms with Crippen molar-refractivity contribution in [3.05, 3.63) is 41.2 Å². The van der Waals surface area contributed by atoms with E-state index < -0.39 is 0 Å². The molecule has 1 aliphatic heterocycles. The number of amides is 1. The lowest BCUT2D eigenvalue weighted by Gasteiger charge is -2.14. The molecule has 0 unspecified atom stereocenters. The molecule has 1 fully saturated rings. The highest BCUT2D eigenvalue weighted by Gasteiger charge is 2.18. The van der Waals surface area contributed by atoms with Crippen LogP contribution in [0, 0.1) is 5.82 Å². The highest BCUT2D eigenvalue weighted by molar-refractivity contribution is 7.13. The van der Waals surface area contributed by atoms with Crippen molar-refractivity contribution in [2.24, 2.45) is 0 Å². The lowest BCUT2D eigenvalue weighted by Crippen LogP contribution is -2.27. The molecule has 0 atom stereocenters. The van der Waals surface area contributed by atoms with Crippen LogP contribution in [-0.2, 0) is 11.2 Å². The fourth-order valence-corrected chi connectivity index (χ4v) is 3.42. The van der Waals surface area contributed by atoms with Gasteiger partial charge in [-0.3, -0.25) is 4.79 Å². The van der Waals surface area contributed by atoms with Crippen molar-refractivity contribution in [1.82, 2.24) is 9.88 Å². The Bertz CT molecular complexity index is 635. The molecule has 1 aromatic heterocycles.